The second kappa shape index (κ2) is 7.70. The summed E-state index contributed by atoms with van der Waals surface area (Å²) >= 11 is 0. The molecule has 5 heterocycles. The van der Waals surface area contributed by atoms with E-state index < -0.39 is 0 Å². The van der Waals surface area contributed by atoms with Gasteiger partial charge in [0.1, 0.15) is 28.3 Å². The van der Waals surface area contributed by atoms with E-state index in [0.717, 1.165) is 53.1 Å². The number of ether oxygens (including phenoxy) is 1. The van der Waals surface area contributed by atoms with Crippen LogP contribution in [-0.2, 0) is 7.05 Å². The summed E-state index contributed by atoms with van der Waals surface area (Å²) in [5.74, 6) is 1.65. The Labute approximate surface area is 187 Å². The molecule has 1 atom stereocenters. The van der Waals surface area contributed by atoms with E-state index >= 15 is 0 Å². The van der Waals surface area contributed by atoms with Gasteiger partial charge in [0.25, 0.3) is 0 Å². The first-order valence-electron chi connectivity index (χ1n) is 11.0. The normalized spacial score (nSPS) is 16.9. The van der Waals surface area contributed by atoms with E-state index in [1.165, 1.54) is 0 Å². The van der Waals surface area contributed by atoms with Crippen LogP contribution in [0.4, 0.5) is 5.82 Å². The molecule has 166 valence electrons. The summed E-state index contributed by atoms with van der Waals surface area (Å²) in [6.07, 6.45) is 3.02. The van der Waals surface area contributed by atoms with E-state index in [1.54, 1.807) is 11.8 Å². The smallest absolute Gasteiger partial charge is 0.149 e. The SMILES string of the molecule is COc1cc2nn(C)cc2nc1-c1ccc2nc(N3CCC(NC(C)(C)C)C3)ccc2n1. The van der Waals surface area contributed by atoms with Gasteiger partial charge in [0.2, 0.25) is 0 Å². The highest BCUT2D eigenvalue weighted by atomic mass is 16.5. The van der Waals surface area contributed by atoms with Crippen molar-refractivity contribution < 1.29 is 4.74 Å². The van der Waals surface area contributed by atoms with Gasteiger partial charge in [-0.3, -0.25) is 4.68 Å². The molecule has 8 nitrogen and oxygen atoms in total. The zero-order valence-electron chi connectivity index (χ0n) is 19.3. The Balaban J connectivity index is 1.44. The first kappa shape index (κ1) is 20.6. The van der Waals surface area contributed by atoms with E-state index in [4.69, 9.17) is 19.7 Å². The van der Waals surface area contributed by atoms with Crippen LogP contribution in [0.5, 0.6) is 5.75 Å². The van der Waals surface area contributed by atoms with Crippen LogP contribution in [0.3, 0.4) is 0 Å². The predicted molar refractivity (Wildman–Crippen MR) is 127 cm³/mol. The summed E-state index contributed by atoms with van der Waals surface area (Å²) in [5, 5.41) is 8.11. The first-order valence-corrected chi connectivity index (χ1v) is 11.0. The van der Waals surface area contributed by atoms with E-state index in [2.05, 4.69) is 42.2 Å². The van der Waals surface area contributed by atoms with Gasteiger partial charge in [-0.25, -0.2) is 15.0 Å². The molecule has 0 amide bonds. The Hall–Kier alpha value is -3.26. The fraction of sp³-hybridized carbons (Fsp3) is 0.417. The number of aromatic nitrogens is 5. The average molecular weight is 432 g/mol. The lowest BCUT2D eigenvalue weighted by molar-refractivity contribution is 0.373. The molecule has 0 aromatic carbocycles. The molecule has 1 fully saturated rings. The van der Waals surface area contributed by atoms with Gasteiger partial charge < -0.3 is 15.0 Å². The van der Waals surface area contributed by atoms with Gasteiger partial charge in [-0.15, -0.1) is 0 Å². The quantitative estimate of drug-likeness (QED) is 0.529. The Bertz CT molecular complexity index is 1290. The van der Waals surface area contributed by atoms with Crippen LogP contribution in [0.25, 0.3) is 33.5 Å². The van der Waals surface area contributed by atoms with Gasteiger partial charge in [-0.2, -0.15) is 5.10 Å². The summed E-state index contributed by atoms with van der Waals surface area (Å²) in [7, 11) is 3.52. The van der Waals surface area contributed by atoms with Crippen molar-refractivity contribution in [1.82, 2.24) is 30.0 Å². The molecule has 4 aromatic rings. The molecule has 0 bridgehead atoms. The molecule has 32 heavy (non-hydrogen) atoms. The number of pyridine rings is 3. The average Bonchev–Trinajstić information content (AvgIpc) is 3.35. The Morgan fingerprint density at radius 1 is 1.00 bits per heavy atom. The number of nitrogens with one attached hydrogen (secondary N) is 1. The maximum atomic E-state index is 5.58. The van der Waals surface area contributed by atoms with Crippen LogP contribution in [0, 0.1) is 0 Å². The van der Waals surface area contributed by atoms with E-state index in [0.29, 0.717) is 17.5 Å². The standard InChI is InChI=1S/C24H29N7O/c1-24(2,3)28-15-10-11-31(13-15)22-9-8-16-17(26-22)6-7-18(25-16)23-21(32-5)12-19-20(27-23)14-30(4)29-19/h6-9,12,14-15,28H,10-11,13H2,1-5H3. The molecule has 8 heteroatoms. The molecule has 0 spiro atoms. The topological polar surface area (TPSA) is 81.0 Å². The van der Waals surface area contributed by atoms with Crippen LogP contribution in [-0.4, -0.2) is 56.5 Å². The van der Waals surface area contributed by atoms with Crippen LogP contribution in [0.1, 0.15) is 27.2 Å². The van der Waals surface area contributed by atoms with Crippen molar-refractivity contribution in [1.29, 1.82) is 0 Å². The first-order chi connectivity index (χ1) is 15.3. The minimum atomic E-state index is 0.117. The van der Waals surface area contributed by atoms with Crippen molar-refractivity contribution in [2.75, 3.05) is 25.1 Å². The molecule has 4 aromatic heterocycles. The number of rotatable bonds is 4. The van der Waals surface area contributed by atoms with Crippen molar-refractivity contribution in [3.05, 3.63) is 36.5 Å². The number of hydrogen-bond donors (Lipinski definition) is 1. The minimum absolute atomic E-state index is 0.117. The third-order valence-corrected chi connectivity index (χ3v) is 5.71. The number of anilines is 1. The van der Waals surface area contributed by atoms with Crippen molar-refractivity contribution in [3.8, 4) is 17.1 Å². The van der Waals surface area contributed by atoms with Crippen LogP contribution < -0.4 is 15.0 Å². The Morgan fingerprint density at radius 3 is 2.56 bits per heavy atom. The van der Waals surface area contributed by atoms with Crippen molar-refractivity contribution in [2.24, 2.45) is 7.05 Å². The number of aryl methyl sites for hydroxylation is 1. The second-order valence-corrected chi connectivity index (χ2v) is 9.48. The van der Waals surface area contributed by atoms with Crippen LogP contribution in [0.2, 0.25) is 0 Å². The maximum Gasteiger partial charge on any atom is 0.149 e. The molecule has 0 aliphatic carbocycles. The number of hydrogen-bond acceptors (Lipinski definition) is 7. The van der Waals surface area contributed by atoms with Gasteiger partial charge in [-0.05, 0) is 51.5 Å². The fourth-order valence-electron chi connectivity index (χ4n) is 4.39. The molecule has 1 aliphatic heterocycles. The van der Waals surface area contributed by atoms with Gasteiger partial charge >= 0.3 is 0 Å². The molecule has 0 radical (unpaired) electrons. The zero-order chi connectivity index (χ0) is 22.5. The molecule has 1 N–H and O–H groups in total. The lowest BCUT2D eigenvalue weighted by Crippen LogP contribution is -2.44. The summed E-state index contributed by atoms with van der Waals surface area (Å²) in [4.78, 5) is 16.8. The molecule has 1 unspecified atom stereocenters. The van der Waals surface area contributed by atoms with Crippen LogP contribution >= 0.6 is 0 Å². The zero-order valence-corrected chi connectivity index (χ0v) is 19.3. The lowest BCUT2D eigenvalue weighted by atomic mass is 10.1. The number of nitrogens with zero attached hydrogens (tertiary/aromatic N) is 6. The third-order valence-electron chi connectivity index (χ3n) is 5.71. The monoisotopic (exact) mass is 431 g/mol. The van der Waals surface area contributed by atoms with Crippen molar-refractivity contribution >= 4 is 27.9 Å². The van der Waals surface area contributed by atoms with Crippen molar-refractivity contribution in [3.63, 3.8) is 0 Å². The molecular formula is C24H29N7O. The molecule has 1 saturated heterocycles. The van der Waals surface area contributed by atoms with Gasteiger partial charge in [0.05, 0.1) is 30.0 Å². The Morgan fingerprint density at radius 2 is 1.78 bits per heavy atom. The summed E-state index contributed by atoms with van der Waals surface area (Å²) in [6.45, 7) is 8.60. The maximum absolute atomic E-state index is 5.58. The number of methoxy groups -OCH3 is 1. The predicted octanol–water partition coefficient (Wildman–Crippen LogP) is 3.55. The van der Waals surface area contributed by atoms with Crippen molar-refractivity contribution in [2.45, 2.75) is 38.8 Å². The summed E-state index contributed by atoms with van der Waals surface area (Å²) in [5.41, 5.74) is 4.90. The third kappa shape index (κ3) is 3.98. The van der Waals surface area contributed by atoms with Gasteiger partial charge in [0, 0.05) is 37.8 Å². The Kier molecular flexibility index (Phi) is 4.97. The molecule has 5 rings (SSSR count). The molecule has 1 aliphatic rings. The van der Waals surface area contributed by atoms with Gasteiger partial charge in [0.15, 0.2) is 0 Å². The van der Waals surface area contributed by atoms with E-state index in [1.807, 2.05) is 37.5 Å². The molecular weight excluding hydrogens is 402 g/mol. The summed E-state index contributed by atoms with van der Waals surface area (Å²) in [6, 6.07) is 10.5. The number of fused-ring (bicyclic) bond motifs is 2. The highest BCUT2D eigenvalue weighted by Crippen LogP contribution is 2.31. The highest BCUT2D eigenvalue weighted by molar-refractivity contribution is 5.84. The van der Waals surface area contributed by atoms with Crippen LogP contribution in [0.15, 0.2) is 36.5 Å². The van der Waals surface area contributed by atoms with E-state index in [9.17, 15) is 0 Å². The lowest BCUT2D eigenvalue weighted by Gasteiger charge is -2.26. The largest absolute Gasteiger partial charge is 0.494 e. The fourth-order valence-corrected chi connectivity index (χ4v) is 4.39. The van der Waals surface area contributed by atoms with Gasteiger partial charge in [-0.1, -0.05) is 0 Å². The highest BCUT2D eigenvalue weighted by Gasteiger charge is 2.26. The second-order valence-electron chi connectivity index (χ2n) is 9.48. The van der Waals surface area contributed by atoms with E-state index in [-0.39, 0.29) is 5.54 Å². The minimum Gasteiger partial charge on any atom is -0.494 e. The summed E-state index contributed by atoms with van der Waals surface area (Å²) < 4.78 is 7.33. The molecule has 0 saturated carbocycles.